The van der Waals surface area contributed by atoms with Gasteiger partial charge in [-0.3, -0.25) is 0 Å². The normalized spacial score (nSPS) is 19.8. The van der Waals surface area contributed by atoms with Crippen molar-refractivity contribution in [3.63, 3.8) is 0 Å². The zero-order valence-electron chi connectivity index (χ0n) is 8.56. The van der Waals surface area contributed by atoms with Crippen LogP contribution in [-0.2, 0) is 6.54 Å². The van der Waals surface area contributed by atoms with Gasteiger partial charge in [-0.25, -0.2) is 4.98 Å². The van der Waals surface area contributed by atoms with Gasteiger partial charge < -0.3 is 9.67 Å². The van der Waals surface area contributed by atoms with Gasteiger partial charge in [0.2, 0.25) is 0 Å². The fourth-order valence-corrected chi connectivity index (χ4v) is 3.37. The van der Waals surface area contributed by atoms with E-state index in [1.807, 2.05) is 12.3 Å². The number of aliphatic hydroxyl groups is 1. The van der Waals surface area contributed by atoms with Crippen LogP contribution in [0.25, 0.3) is 10.6 Å². The first-order chi connectivity index (χ1) is 7.74. The number of thiophene rings is 1. The summed E-state index contributed by atoms with van der Waals surface area (Å²) in [4.78, 5) is 5.66. The predicted molar refractivity (Wildman–Crippen MR) is 67.4 cm³/mol. The second-order valence-electron chi connectivity index (χ2n) is 3.94. The van der Waals surface area contributed by atoms with Crippen molar-refractivity contribution in [3.05, 3.63) is 27.9 Å². The molecule has 2 aromatic rings. The molecule has 0 fully saturated rings. The van der Waals surface area contributed by atoms with Crippen LogP contribution in [0, 0.1) is 0 Å². The summed E-state index contributed by atoms with van der Waals surface area (Å²) in [6.45, 7) is 0.964. The highest BCUT2D eigenvalue weighted by atomic mass is 79.9. The lowest BCUT2D eigenvalue weighted by molar-refractivity contribution is 0.134. The molecule has 3 nitrogen and oxygen atoms in total. The topological polar surface area (TPSA) is 38.0 Å². The van der Waals surface area contributed by atoms with E-state index in [1.54, 1.807) is 11.3 Å². The third-order valence-corrected chi connectivity index (χ3v) is 4.45. The fraction of sp³-hybridized carbons (Fsp3) is 0.364. The molecule has 1 atom stereocenters. The summed E-state index contributed by atoms with van der Waals surface area (Å²) in [5.41, 5.74) is 0.964. The van der Waals surface area contributed by atoms with Gasteiger partial charge in [-0.1, -0.05) is 0 Å². The maximum absolute atomic E-state index is 9.84. The smallest absolute Gasteiger partial charge is 0.138 e. The molecule has 0 saturated heterocycles. The quantitative estimate of drug-likeness (QED) is 0.878. The Morgan fingerprint density at radius 1 is 1.50 bits per heavy atom. The zero-order chi connectivity index (χ0) is 11.1. The molecule has 2 aromatic heterocycles. The average molecular weight is 299 g/mol. The summed E-state index contributed by atoms with van der Waals surface area (Å²) in [7, 11) is 0. The summed E-state index contributed by atoms with van der Waals surface area (Å²) in [6.07, 6.45) is 3.49. The molecule has 3 heterocycles. The SMILES string of the molecule is O[C@@H]1CCCn2cc(-c3ccc(Br)s3)nc21. The first kappa shape index (κ1) is 10.5. The molecule has 16 heavy (non-hydrogen) atoms. The molecule has 0 bridgehead atoms. The summed E-state index contributed by atoms with van der Waals surface area (Å²) in [5, 5.41) is 9.84. The number of aryl methyl sites for hydroxylation is 1. The minimum Gasteiger partial charge on any atom is -0.385 e. The van der Waals surface area contributed by atoms with Gasteiger partial charge >= 0.3 is 0 Å². The van der Waals surface area contributed by atoms with Crippen molar-refractivity contribution in [1.29, 1.82) is 0 Å². The Morgan fingerprint density at radius 3 is 3.06 bits per heavy atom. The Balaban J connectivity index is 2.04. The largest absolute Gasteiger partial charge is 0.385 e. The minimum atomic E-state index is -0.397. The molecule has 0 amide bonds. The molecule has 84 valence electrons. The molecule has 0 aromatic carbocycles. The molecule has 1 aliphatic rings. The minimum absolute atomic E-state index is 0.397. The number of halogens is 1. The standard InChI is InChI=1S/C11H11BrN2OS/c12-10-4-3-9(16-10)7-6-14-5-1-2-8(15)11(14)13-7/h3-4,6,8,15H,1-2,5H2/t8-/m1/s1. The van der Waals surface area contributed by atoms with E-state index < -0.39 is 6.10 Å². The number of fused-ring (bicyclic) bond motifs is 1. The van der Waals surface area contributed by atoms with Crippen LogP contribution in [0.1, 0.15) is 24.8 Å². The van der Waals surface area contributed by atoms with Gasteiger partial charge in [0, 0.05) is 12.7 Å². The Morgan fingerprint density at radius 2 is 2.38 bits per heavy atom. The van der Waals surface area contributed by atoms with Crippen LogP contribution in [0.3, 0.4) is 0 Å². The zero-order valence-corrected chi connectivity index (χ0v) is 11.0. The van der Waals surface area contributed by atoms with Gasteiger partial charge in [0.05, 0.1) is 14.4 Å². The van der Waals surface area contributed by atoms with Gasteiger partial charge in [-0.05, 0) is 40.9 Å². The van der Waals surface area contributed by atoms with Crippen molar-refractivity contribution in [3.8, 4) is 10.6 Å². The summed E-state index contributed by atoms with van der Waals surface area (Å²) in [5.74, 6) is 0.811. The second-order valence-corrected chi connectivity index (χ2v) is 6.40. The number of rotatable bonds is 1. The highest BCUT2D eigenvalue weighted by molar-refractivity contribution is 9.11. The van der Waals surface area contributed by atoms with Crippen LogP contribution in [0.15, 0.2) is 22.1 Å². The van der Waals surface area contributed by atoms with E-state index in [-0.39, 0.29) is 0 Å². The molecule has 0 saturated carbocycles. The van der Waals surface area contributed by atoms with Crippen molar-refractivity contribution in [1.82, 2.24) is 9.55 Å². The maximum Gasteiger partial charge on any atom is 0.138 e. The Labute approximate surface area is 106 Å². The average Bonchev–Trinajstić information content (AvgIpc) is 2.84. The molecule has 0 unspecified atom stereocenters. The molecule has 0 aliphatic carbocycles. The van der Waals surface area contributed by atoms with Gasteiger partial charge in [-0.2, -0.15) is 0 Å². The molecule has 3 rings (SSSR count). The van der Waals surface area contributed by atoms with E-state index in [1.165, 1.54) is 0 Å². The second kappa shape index (κ2) is 3.98. The summed E-state index contributed by atoms with van der Waals surface area (Å²) in [6, 6.07) is 4.07. The Kier molecular flexibility index (Phi) is 2.61. The lowest BCUT2D eigenvalue weighted by Gasteiger charge is -2.18. The van der Waals surface area contributed by atoms with Crippen LogP contribution in [0.2, 0.25) is 0 Å². The van der Waals surface area contributed by atoms with Crippen LogP contribution in [-0.4, -0.2) is 14.7 Å². The van der Waals surface area contributed by atoms with E-state index in [2.05, 4.69) is 31.5 Å². The predicted octanol–water partition coefficient (Wildman–Crippen LogP) is 3.20. The molecule has 0 spiro atoms. The number of aromatic nitrogens is 2. The number of hydrogen-bond acceptors (Lipinski definition) is 3. The van der Waals surface area contributed by atoms with Crippen molar-refractivity contribution in [2.24, 2.45) is 0 Å². The molecular formula is C11H11BrN2OS. The van der Waals surface area contributed by atoms with E-state index in [0.29, 0.717) is 0 Å². The maximum atomic E-state index is 9.84. The van der Waals surface area contributed by atoms with Crippen LogP contribution >= 0.6 is 27.3 Å². The molecule has 0 radical (unpaired) electrons. The van der Waals surface area contributed by atoms with Crippen molar-refractivity contribution in [2.45, 2.75) is 25.5 Å². The van der Waals surface area contributed by atoms with Crippen LogP contribution < -0.4 is 0 Å². The fourth-order valence-electron chi connectivity index (χ4n) is 2.03. The lowest BCUT2D eigenvalue weighted by Crippen LogP contribution is -2.14. The number of nitrogens with zero attached hydrogens (tertiary/aromatic N) is 2. The Bertz CT molecular complexity index is 520. The van der Waals surface area contributed by atoms with Crippen molar-refractivity contribution >= 4 is 27.3 Å². The van der Waals surface area contributed by atoms with Crippen molar-refractivity contribution < 1.29 is 5.11 Å². The van der Waals surface area contributed by atoms with E-state index in [9.17, 15) is 5.11 Å². The third-order valence-electron chi connectivity index (χ3n) is 2.81. The third kappa shape index (κ3) is 1.73. The van der Waals surface area contributed by atoms with E-state index in [0.717, 1.165) is 39.6 Å². The number of hydrogen-bond donors (Lipinski definition) is 1. The molecule has 1 N–H and O–H groups in total. The van der Waals surface area contributed by atoms with Gasteiger partial charge in [0.25, 0.3) is 0 Å². The first-order valence-electron chi connectivity index (χ1n) is 5.25. The Hall–Kier alpha value is -0.650. The first-order valence-corrected chi connectivity index (χ1v) is 6.86. The molecule has 5 heteroatoms. The summed E-state index contributed by atoms with van der Waals surface area (Å²) < 4.78 is 3.17. The number of imidazole rings is 1. The van der Waals surface area contributed by atoms with E-state index >= 15 is 0 Å². The number of aliphatic hydroxyl groups excluding tert-OH is 1. The monoisotopic (exact) mass is 298 g/mol. The highest BCUT2D eigenvalue weighted by Crippen LogP contribution is 2.33. The van der Waals surface area contributed by atoms with Gasteiger partial charge in [0.1, 0.15) is 11.9 Å². The van der Waals surface area contributed by atoms with Crippen LogP contribution in [0.4, 0.5) is 0 Å². The van der Waals surface area contributed by atoms with Gasteiger partial charge in [0.15, 0.2) is 0 Å². The van der Waals surface area contributed by atoms with E-state index in [4.69, 9.17) is 0 Å². The van der Waals surface area contributed by atoms with Crippen molar-refractivity contribution in [2.75, 3.05) is 0 Å². The van der Waals surface area contributed by atoms with Crippen LogP contribution in [0.5, 0.6) is 0 Å². The van der Waals surface area contributed by atoms with Gasteiger partial charge in [-0.15, -0.1) is 11.3 Å². The molecule has 1 aliphatic heterocycles. The summed E-state index contributed by atoms with van der Waals surface area (Å²) >= 11 is 5.11. The molecular weight excluding hydrogens is 288 g/mol. The lowest BCUT2D eigenvalue weighted by atomic mass is 10.1. The highest BCUT2D eigenvalue weighted by Gasteiger charge is 2.21.